The predicted octanol–water partition coefficient (Wildman–Crippen LogP) is 4.32. The molecule has 0 atom stereocenters. The minimum Gasteiger partial charge on any atom is -0.465 e. The fourth-order valence-corrected chi connectivity index (χ4v) is 3.56. The van der Waals surface area contributed by atoms with Crippen molar-refractivity contribution in [3.05, 3.63) is 77.0 Å². The minimum absolute atomic E-state index is 0.365. The van der Waals surface area contributed by atoms with Crippen LogP contribution in [0.15, 0.2) is 54.6 Å². The van der Waals surface area contributed by atoms with Crippen LogP contribution in [0, 0.1) is 5.92 Å². The summed E-state index contributed by atoms with van der Waals surface area (Å²) in [4.78, 5) is 16.9. The van der Waals surface area contributed by atoms with E-state index < -0.39 is 0 Å². The van der Waals surface area contributed by atoms with Crippen molar-refractivity contribution >= 4 is 5.97 Å². The van der Waals surface area contributed by atoms with Crippen LogP contribution in [-0.2, 0) is 24.2 Å². The molecule has 0 spiro atoms. The Morgan fingerprint density at radius 1 is 1.00 bits per heavy atom. The molecular weight excluding hydrogens is 374 g/mol. The van der Waals surface area contributed by atoms with E-state index in [1.54, 1.807) is 6.07 Å². The number of esters is 1. The second-order valence-electron chi connectivity index (χ2n) is 7.76. The van der Waals surface area contributed by atoms with Gasteiger partial charge in [0.2, 0.25) is 0 Å². The summed E-state index contributed by atoms with van der Waals surface area (Å²) in [6, 6.07) is 17.6. The van der Waals surface area contributed by atoms with Crippen molar-refractivity contribution in [1.82, 2.24) is 4.98 Å². The molecular formula is C25H29N3O2. The van der Waals surface area contributed by atoms with Crippen LogP contribution in [0.25, 0.3) is 22.4 Å². The lowest BCUT2D eigenvalue weighted by molar-refractivity contribution is 0.0601. The number of hydrogen-bond acceptors (Lipinski definition) is 5. The van der Waals surface area contributed by atoms with Crippen LogP contribution in [0.2, 0.25) is 0 Å². The zero-order valence-electron chi connectivity index (χ0n) is 17.8. The summed E-state index contributed by atoms with van der Waals surface area (Å²) in [6.45, 7) is 5.25. The van der Waals surface area contributed by atoms with Gasteiger partial charge in [0.1, 0.15) is 0 Å². The molecule has 5 nitrogen and oxygen atoms in total. The third-order valence-electron chi connectivity index (χ3n) is 5.10. The van der Waals surface area contributed by atoms with Crippen LogP contribution < -0.4 is 11.5 Å². The van der Waals surface area contributed by atoms with Gasteiger partial charge in [-0.15, -0.1) is 0 Å². The first kappa shape index (κ1) is 21.7. The molecule has 5 heteroatoms. The summed E-state index contributed by atoms with van der Waals surface area (Å²) in [6.07, 6.45) is 0.824. The Morgan fingerprint density at radius 2 is 1.73 bits per heavy atom. The van der Waals surface area contributed by atoms with Crippen molar-refractivity contribution in [3.8, 4) is 22.4 Å². The largest absolute Gasteiger partial charge is 0.465 e. The zero-order chi connectivity index (χ0) is 21.7. The fraction of sp³-hybridized carbons (Fsp3) is 0.280. The fourth-order valence-electron chi connectivity index (χ4n) is 3.56. The van der Waals surface area contributed by atoms with Crippen molar-refractivity contribution in [1.29, 1.82) is 0 Å². The molecule has 3 aromatic rings. The number of nitrogens with two attached hydrogens (primary N) is 2. The lowest BCUT2D eigenvalue weighted by atomic mass is 9.92. The summed E-state index contributed by atoms with van der Waals surface area (Å²) >= 11 is 0. The van der Waals surface area contributed by atoms with Gasteiger partial charge in [-0.1, -0.05) is 50.2 Å². The number of carbonyl (C=O) groups is 1. The third kappa shape index (κ3) is 4.75. The normalized spacial score (nSPS) is 11.0. The van der Waals surface area contributed by atoms with Gasteiger partial charge in [0.05, 0.1) is 18.4 Å². The monoisotopic (exact) mass is 403 g/mol. The molecule has 0 fully saturated rings. The number of aromatic nitrogens is 1. The quantitative estimate of drug-likeness (QED) is 0.573. The predicted molar refractivity (Wildman–Crippen MR) is 121 cm³/mol. The first-order valence-corrected chi connectivity index (χ1v) is 10.2. The second kappa shape index (κ2) is 9.65. The molecule has 0 aliphatic heterocycles. The van der Waals surface area contributed by atoms with Crippen LogP contribution in [0.3, 0.4) is 0 Å². The summed E-state index contributed by atoms with van der Waals surface area (Å²) in [5.74, 6) is 0.0716. The first-order chi connectivity index (χ1) is 14.5. The van der Waals surface area contributed by atoms with E-state index in [4.69, 9.17) is 21.2 Å². The maximum Gasteiger partial charge on any atom is 0.337 e. The molecule has 4 N–H and O–H groups in total. The van der Waals surface area contributed by atoms with E-state index in [1.807, 2.05) is 30.3 Å². The Morgan fingerprint density at radius 3 is 2.33 bits per heavy atom. The van der Waals surface area contributed by atoms with Gasteiger partial charge in [0.25, 0.3) is 0 Å². The van der Waals surface area contributed by atoms with E-state index >= 15 is 0 Å². The molecule has 0 radical (unpaired) electrons. The molecule has 1 aromatic heterocycles. The van der Waals surface area contributed by atoms with Crippen LogP contribution in [-0.4, -0.2) is 18.1 Å². The Kier molecular flexibility index (Phi) is 6.98. The van der Waals surface area contributed by atoms with E-state index in [1.165, 1.54) is 7.11 Å². The highest BCUT2D eigenvalue weighted by atomic mass is 16.5. The lowest BCUT2D eigenvalue weighted by Crippen LogP contribution is -2.10. The maximum absolute atomic E-state index is 12.0. The smallest absolute Gasteiger partial charge is 0.337 e. The van der Waals surface area contributed by atoms with Crippen LogP contribution in [0.5, 0.6) is 0 Å². The molecule has 0 aliphatic carbocycles. The molecule has 0 amide bonds. The molecule has 0 bridgehead atoms. The SMILES string of the molecule is COC(=O)c1cccc(-c2cc(-c3ccc(CN)cc3)c(CN)c(CC(C)C)n2)c1. The standard InChI is InChI=1S/C25H29N3O2/c1-16(2)11-24-22(15-27)21(18-9-7-17(14-26)8-10-18)13-23(28-24)19-5-4-6-20(12-19)25(29)30-3/h4-10,12-13,16H,11,14-15,26-27H2,1-3H3. The summed E-state index contributed by atoms with van der Waals surface area (Å²) < 4.78 is 4.87. The average Bonchev–Trinajstić information content (AvgIpc) is 2.77. The second-order valence-corrected chi connectivity index (χ2v) is 7.76. The van der Waals surface area contributed by atoms with Crippen LogP contribution >= 0.6 is 0 Å². The highest BCUT2D eigenvalue weighted by Gasteiger charge is 2.16. The number of methoxy groups -OCH3 is 1. The number of nitrogens with zero attached hydrogens (tertiary/aromatic N) is 1. The van der Waals surface area contributed by atoms with Gasteiger partial charge in [-0.25, -0.2) is 4.79 Å². The van der Waals surface area contributed by atoms with Gasteiger partial charge in [-0.3, -0.25) is 4.98 Å². The number of carbonyl (C=O) groups excluding carboxylic acids is 1. The first-order valence-electron chi connectivity index (χ1n) is 10.2. The highest BCUT2D eigenvalue weighted by molar-refractivity contribution is 5.91. The Balaban J connectivity index is 2.19. The number of rotatable bonds is 7. The lowest BCUT2D eigenvalue weighted by Gasteiger charge is -2.17. The molecule has 30 heavy (non-hydrogen) atoms. The van der Waals surface area contributed by atoms with Gasteiger partial charge in [-0.2, -0.15) is 0 Å². The van der Waals surface area contributed by atoms with Gasteiger partial charge in [0.15, 0.2) is 0 Å². The molecule has 0 saturated carbocycles. The maximum atomic E-state index is 12.0. The Hall–Kier alpha value is -3.02. The van der Waals surface area contributed by atoms with Crippen molar-refractivity contribution in [2.75, 3.05) is 7.11 Å². The third-order valence-corrected chi connectivity index (χ3v) is 5.10. The molecule has 0 saturated heterocycles. The summed E-state index contributed by atoms with van der Waals surface area (Å²) in [7, 11) is 1.38. The zero-order valence-corrected chi connectivity index (χ0v) is 17.8. The molecule has 2 aromatic carbocycles. The van der Waals surface area contributed by atoms with Gasteiger partial charge in [0, 0.05) is 24.3 Å². The van der Waals surface area contributed by atoms with E-state index in [0.29, 0.717) is 24.6 Å². The topological polar surface area (TPSA) is 91.2 Å². The highest BCUT2D eigenvalue weighted by Crippen LogP contribution is 2.32. The molecule has 156 valence electrons. The number of hydrogen-bond donors (Lipinski definition) is 2. The summed E-state index contributed by atoms with van der Waals surface area (Å²) in [5.41, 5.74) is 19.4. The number of pyridine rings is 1. The molecule has 3 rings (SSSR count). The molecule has 1 heterocycles. The number of ether oxygens (including phenoxy) is 1. The van der Waals surface area contributed by atoms with Crippen molar-refractivity contribution in [2.45, 2.75) is 33.4 Å². The van der Waals surface area contributed by atoms with Crippen LogP contribution in [0.1, 0.15) is 41.0 Å². The number of benzene rings is 2. The van der Waals surface area contributed by atoms with Gasteiger partial charge in [-0.05, 0) is 52.8 Å². The molecule has 0 unspecified atom stereocenters. The average molecular weight is 404 g/mol. The van der Waals surface area contributed by atoms with E-state index in [-0.39, 0.29) is 5.97 Å². The van der Waals surface area contributed by atoms with E-state index in [2.05, 4.69) is 32.0 Å². The Labute approximate surface area is 178 Å². The van der Waals surface area contributed by atoms with E-state index in [9.17, 15) is 4.79 Å². The van der Waals surface area contributed by atoms with Gasteiger partial charge < -0.3 is 16.2 Å². The van der Waals surface area contributed by atoms with Crippen molar-refractivity contribution in [3.63, 3.8) is 0 Å². The van der Waals surface area contributed by atoms with Crippen LogP contribution in [0.4, 0.5) is 0 Å². The Bertz CT molecular complexity index is 1030. The van der Waals surface area contributed by atoms with E-state index in [0.717, 1.165) is 45.6 Å². The minimum atomic E-state index is -0.365. The van der Waals surface area contributed by atoms with Crippen molar-refractivity contribution in [2.24, 2.45) is 17.4 Å². The van der Waals surface area contributed by atoms with Gasteiger partial charge >= 0.3 is 5.97 Å². The van der Waals surface area contributed by atoms with Crippen molar-refractivity contribution < 1.29 is 9.53 Å². The molecule has 0 aliphatic rings. The summed E-state index contributed by atoms with van der Waals surface area (Å²) in [5, 5.41) is 0.